The molecule has 0 heterocycles. The van der Waals surface area contributed by atoms with Crippen LogP contribution in [-0.4, -0.2) is 26.4 Å². The van der Waals surface area contributed by atoms with Gasteiger partial charge in [-0.05, 0) is 44.0 Å². The molecule has 0 saturated heterocycles. The molecule has 0 bridgehead atoms. The Labute approximate surface area is 117 Å². The number of amides is 1. The van der Waals surface area contributed by atoms with Crippen LogP contribution in [0.25, 0.3) is 0 Å². The van der Waals surface area contributed by atoms with E-state index in [9.17, 15) is 13.2 Å². The summed E-state index contributed by atoms with van der Waals surface area (Å²) in [4.78, 5) is 11.8. The second-order valence-electron chi connectivity index (χ2n) is 4.76. The zero-order valence-electron chi connectivity index (χ0n) is 11.0. The number of hydrogen-bond donors (Lipinski definition) is 2. The maximum absolute atomic E-state index is 12.1. The number of nitrogens with one attached hydrogen (secondary N) is 2. The van der Waals surface area contributed by atoms with Crippen molar-refractivity contribution in [2.75, 3.05) is 0 Å². The van der Waals surface area contributed by atoms with Crippen molar-refractivity contribution in [3.8, 4) is 6.07 Å². The fourth-order valence-corrected chi connectivity index (χ4v) is 2.82. The molecule has 106 valence electrons. The third-order valence-electron chi connectivity index (χ3n) is 2.94. The number of nitriles is 1. The summed E-state index contributed by atoms with van der Waals surface area (Å²) in [6, 6.07) is 6.78. The van der Waals surface area contributed by atoms with Crippen molar-refractivity contribution in [2.24, 2.45) is 0 Å². The first-order valence-corrected chi connectivity index (χ1v) is 7.73. The van der Waals surface area contributed by atoms with Gasteiger partial charge < -0.3 is 5.32 Å². The highest BCUT2D eigenvalue weighted by atomic mass is 32.2. The molecule has 1 aliphatic rings. The number of carbonyl (C=O) groups excluding carboxylic acids is 1. The van der Waals surface area contributed by atoms with Gasteiger partial charge in [0.15, 0.2) is 0 Å². The van der Waals surface area contributed by atoms with E-state index in [-0.39, 0.29) is 16.8 Å². The fraction of sp³-hybridized carbons (Fsp3) is 0.385. The van der Waals surface area contributed by atoms with Crippen LogP contribution in [0.2, 0.25) is 0 Å². The molecule has 0 aromatic heterocycles. The second kappa shape index (κ2) is 5.61. The molecule has 2 rings (SSSR count). The van der Waals surface area contributed by atoms with E-state index in [1.54, 1.807) is 0 Å². The average Bonchev–Trinajstić information content (AvgIpc) is 3.22. The minimum atomic E-state index is -3.77. The van der Waals surface area contributed by atoms with Crippen LogP contribution < -0.4 is 10.0 Å². The van der Waals surface area contributed by atoms with Gasteiger partial charge in [0.05, 0.1) is 22.6 Å². The van der Waals surface area contributed by atoms with Crippen molar-refractivity contribution in [3.05, 3.63) is 29.8 Å². The van der Waals surface area contributed by atoms with Gasteiger partial charge in [-0.15, -0.1) is 0 Å². The molecule has 1 fully saturated rings. The normalized spacial score (nSPS) is 16.2. The topological polar surface area (TPSA) is 99.1 Å². The predicted molar refractivity (Wildman–Crippen MR) is 72.1 cm³/mol. The number of carbonyl (C=O) groups is 1. The molecule has 0 aliphatic heterocycles. The van der Waals surface area contributed by atoms with Crippen LogP contribution in [0.15, 0.2) is 29.2 Å². The summed E-state index contributed by atoms with van der Waals surface area (Å²) >= 11 is 0. The minimum Gasteiger partial charge on any atom is -0.352 e. The highest BCUT2D eigenvalue weighted by Crippen LogP contribution is 2.18. The van der Waals surface area contributed by atoms with Crippen LogP contribution in [0.4, 0.5) is 0 Å². The van der Waals surface area contributed by atoms with Crippen molar-refractivity contribution in [3.63, 3.8) is 0 Å². The number of rotatable bonds is 5. The zero-order valence-corrected chi connectivity index (χ0v) is 11.8. The maximum atomic E-state index is 12.1. The maximum Gasteiger partial charge on any atom is 0.241 e. The fourth-order valence-electron chi connectivity index (χ4n) is 1.62. The smallest absolute Gasteiger partial charge is 0.241 e. The standard InChI is InChI=1S/C13H15N3O3S/c1-9(13(17)15-11-4-5-11)16-20(18,19)12-6-2-10(8-14)3-7-12/h2-3,6-7,9,11,16H,4-5H2,1H3,(H,15,17). The molecule has 1 aliphatic carbocycles. The molecule has 0 radical (unpaired) electrons. The summed E-state index contributed by atoms with van der Waals surface area (Å²) in [5.74, 6) is -0.329. The number of sulfonamides is 1. The van der Waals surface area contributed by atoms with Gasteiger partial charge in [-0.3, -0.25) is 4.79 Å². The van der Waals surface area contributed by atoms with Gasteiger partial charge in [-0.2, -0.15) is 9.98 Å². The summed E-state index contributed by atoms with van der Waals surface area (Å²) in [5.41, 5.74) is 0.378. The lowest BCUT2D eigenvalue weighted by molar-refractivity contribution is -0.122. The monoisotopic (exact) mass is 293 g/mol. The van der Waals surface area contributed by atoms with Gasteiger partial charge in [0.1, 0.15) is 0 Å². The van der Waals surface area contributed by atoms with Crippen molar-refractivity contribution < 1.29 is 13.2 Å². The summed E-state index contributed by atoms with van der Waals surface area (Å²) in [6.07, 6.45) is 1.89. The van der Waals surface area contributed by atoms with E-state index in [0.29, 0.717) is 5.56 Å². The van der Waals surface area contributed by atoms with Gasteiger partial charge in [-0.1, -0.05) is 0 Å². The molecular weight excluding hydrogens is 278 g/mol. The molecule has 1 aromatic carbocycles. The molecular formula is C13H15N3O3S. The Morgan fingerprint density at radius 1 is 1.35 bits per heavy atom. The Morgan fingerprint density at radius 3 is 2.45 bits per heavy atom. The van der Waals surface area contributed by atoms with Crippen molar-refractivity contribution in [1.29, 1.82) is 5.26 Å². The first-order chi connectivity index (χ1) is 9.42. The van der Waals surface area contributed by atoms with Gasteiger partial charge in [0, 0.05) is 6.04 Å². The van der Waals surface area contributed by atoms with E-state index in [0.717, 1.165) is 12.8 Å². The highest BCUT2D eigenvalue weighted by molar-refractivity contribution is 7.89. The van der Waals surface area contributed by atoms with E-state index in [4.69, 9.17) is 5.26 Å². The Kier molecular flexibility index (Phi) is 4.06. The zero-order chi connectivity index (χ0) is 14.8. The van der Waals surface area contributed by atoms with E-state index in [1.807, 2.05) is 6.07 Å². The van der Waals surface area contributed by atoms with Crippen LogP contribution in [0.3, 0.4) is 0 Å². The van der Waals surface area contributed by atoms with Gasteiger partial charge in [0.25, 0.3) is 0 Å². The van der Waals surface area contributed by atoms with E-state index >= 15 is 0 Å². The molecule has 7 heteroatoms. The van der Waals surface area contributed by atoms with E-state index in [2.05, 4.69) is 10.0 Å². The van der Waals surface area contributed by atoms with Gasteiger partial charge in [-0.25, -0.2) is 8.42 Å². The first-order valence-electron chi connectivity index (χ1n) is 6.25. The lowest BCUT2D eigenvalue weighted by Gasteiger charge is -2.14. The molecule has 20 heavy (non-hydrogen) atoms. The molecule has 0 spiro atoms. The number of nitrogens with zero attached hydrogens (tertiary/aromatic N) is 1. The molecule has 2 N–H and O–H groups in total. The lowest BCUT2D eigenvalue weighted by atomic mass is 10.2. The molecule has 1 unspecified atom stereocenters. The SMILES string of the molecule is CC(NS(=O)(=O)c1ccc(C#N)cc1)C(=O)NC1CC1. The Hall–Kier alpha value is -1.91. The van der Waals surface area contributed by atoms with Crippen LogP contribution in [0.5, 0.6) is 0 Å². The Balaban J connectivity index is 2.05. The molecule has 1 aromatic rings. The molecule has 1 amide bonds. The van der Waals surface area contributed by atoms with Crippen LogP contribution in [0, 0.1) is 11.3 Å². The Bertz CT molecular complexity index is 642. The summed E-state index contributed by atoms with van der Waals surface area (Å²) in [7, 11) is -3.77. The van der Waals surface area contributed by atoms with E-state index < -0.39 is 16.1 Å². The van der Waals surface area contributed by atoms with Gasteiger partial charge in [0.2, 0.25) is 15.9 Å². The average molecular weight is 293 g/mol. The van der Waals surface area contributed by atoms with Crippen LogP contribution >= 0.6 is 0 Å². The molecule has 1 saturated carbocycles. The number of benzene rings is 1. The van der Waals surface area contributed by atoms with Crippen molar-refractivity contribution in [1.82, 2.24) is 10.0 Å². The van der Waals surface area contributed by atoms with Gasteiger partial charge >= 0.3 is 0 Å². The quantitative estimate of drug-likeness (QED) is 0.826. The summed E-state index contributed by atoms with van der Waals surface area (Å²) in [6.45, 7) is 1.50. The third kappa shape index (κ3) is 3.56. The Morgan fingerprint density at radius 2 is 1.95 bits per heavy atom. The minimum absolute atomic E-state index is 0.0302. The van der Waals surface area contributed by atoms with E-state index in [1.165, 1.54) is 31.2 Å². The lowest BCUT2D eigenvalue weighted by Crippen LogP contribution is -2.45. The first kappa shape index (κ1) is 14.5. The number of hydrogen-bond acceptors (Lipinski definition) is 4. The second-order valence-corrected chi connectivity index (χ2v) is 6.48. The highest BCUT2D eigenvalue weighted by Gasteiger charge is 2.27. The molecule has 1 atom stereocenters. The third-order valence-corrected chi connectivity index (χ3v) is 4.50. The summed E-state index contributed by atoms with van der Waals surface area (Å²) < 4.78 is 26.5. The van der Waals surface area contributed by atoms with Crippen LogP contribution in [-0.2, 0) is 14.8 Å². The van der Waals surface area contributed by atoms with Crippen molar-refractivity contribution in [2.45, 2.75) is 36.7 Å². The molecule has 6 nitrogen and oxygen atoms in total. The summed E-state index contributed by atoms with van der Waals surface area (Å²) in [5, 5.41) is 11.4. The van der Waals surface area contributed by atoms with Crippen molar-refractivity contribution >= 4 is 15.9 Å². The predicted octanol–water partition coefficient (Wildman–Crippen LogP) is 0.504. The largest absolute Gasteiger partial charge is 0.352 e. The van der Waals surface area contributed by atoms with Crippen LogP contribution in [0.1, 0.15) is 25.3 Å².